The highest BCUT2D eigenvalue weighted by Crippen LogP contribution is 2.40. The van der Waals surface area contributed by atoms with Gasteiger partial charge in [-0.3, -0.25) is 19.3 Å². The predicted octanol–water partition coefficient (Wildman–Crippen LogP) is 3.63. The zero-order chi connectivity index (χ0) is 23.4. The van der Waals surface area contributed by atoms with E-state index in [9.17, 15) is 4.79 Å². The molecule has 1 fully saturated rings. The van der Waals surface area contributed by atoms with Crippen molar-refractivity contribution in [1.82, 2.24) is 19.7 Å². The van der Waals surface area contributed by atoms with Gasteiger partial charge < -0.3 is 14.2 Å². The lowest BCUT2D eigenvalue weighted by atomic mass is 10.3. The molecular weight excluding hydrogens is 478 g/mol. The first-order valence-corrected chi connectivity index (χ1v) is 12.0. The summed E-state index contributed by atoms with van der Waals surface area (Å²) in [5, 5.41) is 5.13. The van der Waals surface area contributed by atoms with E-state index in [0.29, 0.717) is 40.9 Å². The number of rotatable bonds is 9. The lowest BCUT2D eigenvalue weighted by molar-refractivity contribution is 0.0376. The van der Waals surface area contributed by atoms with Gasteiger partial charge in [0, 0.05) is 38.4 Å². The van der Waals surface area contributed by atoms with Gasteiger partial charge in [-0.25, -0.2) is 4.98 Å². The number of halogens is 1. The smallest absolute Gasteiger partial charge is 0.280 e. The number of carbonyl (C=O) groups is 1. The van der Waals surface area contributed by atoms with Gasteiger partial charge in [0.15, 0.2) is 10.8 Å². The molecule has 9 nitrogen and oxygen atoms in total. The Kier molecular flexibility index (Phi) is 9.12. The van der Waals surface area contributed by atoms with Crippen LogP contribution in [0.1, 0.15) is 29.5 Å². The van der Waals surface area contributed by atoms with Crippen LogP contribution in [0.3, 0.4) is 0 Å². The van der Waals surface area contributed by atoms with Gasteiger partial charge in [-0.1, -0.05) is 11.3 Å². The zero-order valence-corrected chi connectivity index (χ0v) is 21.7. The Labute approximate surface area is 210 Å². The summed E-state index contributed by atoms with van der Waals surface area (Å²) < 4.78 is 19.2. The van der Waals surface area contributed by atoms with E-state index < -0.39 is 0 Å². The van der Waals surface area contributed by atoms with Crippen LogP contribution in [0.4, 0.5) is 5.13 Å². The van der Waals surface area contributed by atoms with Crippen LogP contribution >= 0.6 is 23.7 Å². The molecule has 0 aliphatic carbocycles. The average Bonchev–Trinajstić information content (AvgIpc) is 3.45. The number of ether oxygens (including phenoxy) is 3. The molecular formula is C23H32ClN5O4S. The largest absolute Gasteiger partial charge is 0.495 e. The van der Waals surface area contributed by atoms with Crippen LogP contribution in [-0.4, -0.2) is 79.2 Å². The van der Waals surface area contributed by atoms with Gasteiger partial charge >= 0.3 is 0 Å². The van der Waals surface area contributed by atoms with Crippen molar-refractivity contribution < 1.29 is 19.0 Å². The van der Waals surface area contributed by atoms with Gasteiger partial charge in [-0.2, -0.15) is 5.10 Å². The molecule has 0 spiro atoms. The Hall–Kier alpha value is -2.40. The van der Waals surface area contributed by atoms with E-state index in [4.69, 9.17) is 19.2 Å². The predicted molar refractivity (Wildman–Crippen MR) is 136 cm³/mol. The van der Waals surface area contributed by atoms with Crippen molar-refractivity contribution in [1.29, 1.82) is 0 Å². The lowest BCUT2D eigenvalue weighted by Crippen LogP contribution is -2.39. The number of benzene rings is 1. The first-order valence-electron chi connectivity index (χ1n) is 11.2. The van der Waals surface area contributed by atoms with Crippen molar-refractivity contribution in [3.05, 3.63) is 29.6 Å². The summed E-state index contributed by atoms with van der Waals surface area (Å²) in [6.45, 7) is 9.48. The fourth-order valence-electron chi connectivity index (χ4n) is 4.02. The van der Waals surface area contributed by atoms with Gasteiger partial charge in [0.1, 0.15) is 21.7 Å². The first-order chi connectivity index (χ1) is 16.0. The molecule has 0 unspecified atom stereocenters. The molecule has 0 atom stereocenters. The molecule has 11 heteroatoms. The molecule has 1 saturated heterocycles. The lowest BCUT2D eigenvalue weighted by Gasteiger charge is -2.27. The summed E-state index contributed by atoms with van der Waals surface area (Å²) >= 11 is 1.43. The van der Waals surface area contributed by atoms with Crippen LogP contribution in [-0.2, 0) is 11.3 Å². The van der Waals surface area contributed by atoms with Crippen LogP contribution in [0, 0.1) is 6.92 Å². The van der Waals surface area contributed by atoms with Gasteiger partial charge in [0.05, 0.1) is 27.4 Å². The quantitative estimate of drug-likeness (QED) is 0.435. The maximum absolute atomic E-state index is 13.6. The SMILES string of the molecule is CCn1nc(C(=O)N(CCCN2CCOCC2)c2nc3c(OC)ccc(OC)c3s2)cc1C.Cl. The van der Waals surface area contributed by atoms with E-state index in [1.807, 2.05) is 36.7 Å². The van der Waals surface area contributed by atoms with Crippen molar-refractivity contribution in [3.8, 4) is 11.5 Å². The van der Waals surface area contributed by atoms with E-state index in [0.717, 1.165) is 49.7 Å². The van der Waals surface area contributed by atoms with E-state index in [1.54, 1.807) is 19.1 Å². The second-order valence-corrected chi connectivity index (χ2v) is 8.87. The monoisotopic (exact) mass is 509 g/mol. The Morgan fingerprint density at radius 3 is 2.56 bits per heavy atom. The highest BCUT2D eigenvalue weighted by molar-refractivity contribution is 7.22. The molecule has 1 amide bonds. The van der Waals surface area contributed by atoms with Crippen molar-refractivity contribution in [2.24, 2.45) is 0 Å². The second-order valence-electron chi connectivity index (χ2n) is 7.90. The summed E-state index contributed by atoms with van der Waals surface area (Å²) in [7, 11) is 3.25. The summed E-state index contributed by atoms with van der Waals surface area (Å²) in [5.74, 6) is 1.21. The molecule has 0 N–H and O–H groups in total. The second kappa shape index (κ2) is 11.8. The third-order valence-corrected chi connectivity index (χ3v) is 6.93. The van der Waals surface area contributed by atoms with Gasteiger partial charge in [0.25, 0.3) is 5.91 Å². The average molecular weight is 510 g/mol. The van der Waals surface area contributed by atoms with E-state index in [-0.39, 0.29) is 18.3 Å². The number of fused-ring (bicyclic) bond motifs is 1. The number of thiazole rings is 1. The number of carbonyl (C=O) groups excluding carboxylic acids is 1. The molecule has 0 radical (unpaired) electrons. The van der Waals surface area contributed by atoms with E-state index in [1.165, 1.54) is 11.3 Å². The molecule has 4 rings (SSSR count). The van der Waals surface area contributed by atoms with Crippen LogP contribution in [0.2, 0.25) is 0 Å². The van der Waals surface area contributed by atoms with Gasteiger partial charge in [-0.15, -0.1) is 12.4 Å². The standard InChI is InChI=1S/C23H31N5O4S.ClH/c1-5-28-16(2)15-17(25-28)22(29)27(10-6-9-26-11-13-32-14-12-26)23-24-20-18(30-3)7-8-19(31-4)21(20)33-23;/h7-8,15H,5-6,9-14H2,1-4H3;1H. The Morgan fingerprint density at radius 1 is 1.21 bits per heavy atom. The molecule has 0 bridgehead atoms. The molecule has 1 aliphatic rings. The molecule has 34 heavy (non-hydrogen) atoms. The van der Waals surface area contributed by atoms with Crippen molar-refractivity contribution in [2.75, 3.05) is 58.5 Å². The van der Waals surface area contributed by atoms with E-state index in [2.05, 4.69) is 10.00 Å². The number of amides is 1. The van der Waals surface area contributed by atoms with Crippen LogP contribution < -0.4 is 14.4 Å². The maximum Gasteiger partial charge on any atom is 0.280 e. The number of aryl methyl sites for hydroxylation is 2. The molecule has 0 saturated carbocycles. The number of hydrogen-bond donors (Lipinski definition) is 0. The minimum atomic E-state index is -0.149. The molecule has 2 aromatic heterocycles. The van der Waals surface area contributed by atoms with E-state index >= 15 is 0 Å². The highest BCUT2D eigenvalue weighted by atomic mass is 35.5. The Bertz CT molecular complexity index is 1070. The Balaban J connectivity index is 0.00000324. The summed E-state index contributed by atoms with van der Waals surface area (Å²) in [6, 6.07) is 5.54. The fourth-order valence-corrected chi connectivity index (χ4v) is 5.12. The first kappa shape index (κ1) is 26.2. The molecule has 3 aromatic rings. The number of morpholine rings is 1. The van der Waals surface area contributed by atoms with Gasteiger partial charge in [-0.05, 0) is 38.5 Å². The van der Waals surface area contributed by atoms with Crippen molar-refractivity contribution in [2.45, 2.75) is 26.8 Å². The van der Waals surface area contributed by atoms with Crippen molar-refractivity contribution >= 4 is 45.0 Å². The minimum absolute atomic E-state index is 0. The van der Waals surface area contributed by atoms with Crippen LogP contribution in [0.25, 0.3) is 10.2 Å². The third kappa shape index (κ3) is 5.46. The molecule has 1 aromatic carbocycles. The van der Waals surface area contributed by atoms with Crippen LogP contribution in [0.5, 0.6) is 11.5 Å². The number of nitrogens with zero attached hydrogens (tertiary/aromatic N) is 5. The van der Waals surface area contributed by atoms with Crippen molar-refractivity contribution in [3.63, 3.8) is 0 Å². The third-order valence-electron chi connectivity index (χ3n) is 5.83. The summed E-state index contributed by atoms with van der Waals surface area (Å²) in [4.78, 5) is 22.5. The topological polar surface area (TPSA) is 82.0 Å². The number of hydrogen-bond acceptors (Lipinski definition) is 8. The molecule has 3 heterocycles. The minimum Gasteiger partial charge on any atom is -0.495 e. The Morgan fingerprint density at radius 2 is 1.91 bits per heavy atom. The maximum atomic E-state index is 13.6. The summed E-state index contributed by atoms with van der Waals surface area (Å²) in [5.41, 5.74) is 2.08. The highest BCUT2D eigenvalue weighted by Gasteiger charge is 2.26. The number of aromatic nitrogens is 3. The molecule has 186 valence electrons. The number of methoxy groups -OCH3 is 2. The summed E-state index contributed by atoms with van der Waals surface area (Å²) in [6.07, 6.45) is 0.823. The zero-order valence-electron chi connectivity index (χ0n) is 20.1. The fraction of sp³-hybridized carbons (Fsp3) is 0.522. The van der Waals surface area contributed by atoms with Crippen LogP contribution in [0.15, 0.2) is 18.2 Å². The van der Waals surface area contributed by atoms with Gasteiger partial charge in [0.2, 0.25) is 0 Å². The number of anilines is 1. The molecule has 1 aliphatic heterocycles. The normalized spacial score (nSPS) is 14.1.